The van der Waals surface area contributed by atoms with Crippen molar-refractivity contribution in [3.05, 3.63) is 98.5 Å². The summed E-state index contributed by atoms with van der Waals surface area (Å²) in [6.45, 7) is 4.24. The van der Waals surface area contributed by atoms with E-state index in [1.165, 1.54) is 28.3 Å². The van der Waals surface area contributed by atoms with E-state index in [4.69, 9.17) is 0 Å². The number of nitro groups is 1. The van der Waals surface area contributed by atoms with Gasteiger partial charge in [-0.05, 0) is 70.6 Å². The summed E-state index contributed by atoms with van der Waals surface area (Å²) in [5.74, 6) is 0. The maximum absolute atomic E-state index is 11.5. The first-order chi connectivity index (χ1) is 13.5. The topological polar surface area (TPSA) is 43.1 Å². The van der Waals surface area contributed by atoms with E-state index in [0.717, 1.165) is 20.8 Å². The number of aryl methyl sites for hydroxylation is 2. The molecule has 0 N–H and O–H groups in total. The number of nitrogens with zero attached hydrogens (tertiary/aromatic N) is 1. The van der Waals surface area contributed by atoms with E-state index < -0.39 is 0 Å². The number of halogens is 1. The van der Waals surface area contributed by atoms with Gasteiger partial charge in [-0.15, -0.1) is 0 Å². The summed E-state index contributed by atoms with van der Waals surface area (Å²) in [7, 11) is 0. The monoisotopic (exact) mass is 431 g/mol. The Kier molecular flexibility index (Phi) is 4.73. The quantitative estimate of drug-likeness (QED) is 0.249. The van der Waals surface area contributed by atoms with Crippen LogP contribution in [-0.2, 0) is 0 Å². The molecule has 0 radical (unpaired) electrons. The van der Waals surface area contributed by atoms with Crippen LogP contribution in [0.1, 0.15) is 11.1 Å². The zero-order valence-electron chi connectivity index (χ0n) is 15.6. The van der Waals surface area contributed by atoms with Crippen molar-refractivity contribution in [3.8, 4) is 22.3 Å². The number of benzene rings is 4. The molecule has 0 aliphatic rings. The Morgan fingerprint density at radius 3 is 2.36 bits per heavy atom. The minimum atomic E-state index is -0.333. The fraction of sp³-hybridized carbons (Fsp3) is 0.0833. The second-order valence-corrected chi connectivity index (χ2v) is 7.84. The summed E-state index contributed by atoms with van der Waals surface area (Å²) < 4.78 is 0.817. The molecule has 0 atom stereocenters. The van der Waals surface area contributed by atoms with Gasteiger partial charge in [0.05, 0.1) is 10.5 Å². The van der Waals surface area contributed by atoms with Gasteiger partial charge in [-0.1, -0.05) is 64.5 Å². The largest absolute Gasteiger partial charge is 0.277 e. The third kappa shape index (κ3) is 3.20. The molecule has 28 heavy (non-hydrogen) atoms. The van der Waals surface area contributed by atoms with Gasteiger partial charge in [0.2, 0.25) is 0 Å². The molecule has 0 amide bonds. The highest BCUT2D eigenvalue weighted by atomic mass is 79.9. The van der Waals surface area contributed by atoms with Gasteiger partial charge in [-0.3, -0.25) is 10.1 Å². The van der Waals surface area contributed by atoms with Crippen molar-refractivity contribution in [2.24, 2.45) is 0 Å². The Balaban J connectivity index is 1.96. The van der Waals surface area contributed by atoms with E-state index >= 15 is 0 Å². The highest BCUT2D eigenvalue weighted by Crippen LogP contribution is 2.38. The SMILES string of the molecule is Cc1ccccc1-c1c(C)ccc2cc(-c3cc(Br)ccc3[N+](=O)[O-])ccc12. The second kappa shape index (κ2) is 7.21. The molecule has 3 nitrogen and oxygen atoms in total. The highest BCUT2D eigenvalue weighted by molar-refractivity contribution is 9.10. The molecule has 4 heteroatoms. The van der Waals surface area contributed by atoms with Crippen LogP contribution in [0.3, 0.4) is 0 Å². The minimum absolute atomic E-state index is 0.105. The lowest BCUT2D eigenvalue weighted by Crippen LogP contribution is -1.93. The molecule has 0 aromatic heterocycles. The third-order valence-electron chi connectivity index (χ3n) is 5.11. The van der Waals surface area contributed by atoms with Crippen LogP contribution >= 0.6 is 15.9 Å². The molecular weight excluding hydrogens is 414 g/mol. The Bertz CT molecular complexity index is 1230. The first-order valence-corrected chi connectivity index (χ1v) is 9.78. The molecule has 0 fully saturated rings. The molecular formula is C24H18BrNO2. The molecule has 4 aromatic carbocycles. The van der Waals surface area contributed by atoms with Crippen molar-refractivity contribution >= 4 is 32.4 Å². The van der Waals surface area contributed by atoms with Crippen LogP contribution in [0, 0.1) is 24.0 Å². The van der Waals surface area contributed by atoms with Crippen molar-refractivity contribution in [3.63, 3.8) is 0 Å². The van der Waals surface area contributed by atoms with Crippen LogP contribution in [0.15, 0.2) is 77.3 Å². The molecule has 4 aromatic rings. The van der Waals surface area contributed by atoms with Crippen LogP contribution in [0.4, 0.5) is 5.69 Å². The van der Waals surface area contributed by atoms with Gasteiger partial charge >= 0.3 is 0 Å². The fourth-order valence-corrected chi connectivity index (χ4v) is 4.08. The van der Waals surface area contributed by atoms with Gasteiger partial charge in [0.25, 0.3) is 5.69 Å². The maximum Gasteiger partial charge on any atom is 0.277 e. The molecule has 0 aliphatic carbocycles. The highest BCUT2D eigenvalue weighted by Gasteiger charge is 2.17. The van der Waals surface area contributed by atoms with E-state index in [2.05, 4.69) is 66.2 Å². The van der Waals surface area contributed by atoms with E-state index in [1.807, 2.05) is 18.2 Å². The van der Waals surface area contributed by atoms with Gasteiger partial charge in [0, 0.05) is 10.5 Å². The lowest BCUT2D eigenvalue weighted by molar-refractivity contribution is -0.384. The van der Waals surface area contributed by atoms with Crippen LogP contribution in [0.2, 0.25) is 0 Å². The first-order valence-electron chi connectivity index (χ1n) is 8.99. The van der Waals surface area contributed by atoms with Gasteiger partial charge in [-0.25, -0.2) is 0 Å². The number of hydrogen-bond donors (Lipinski definition) is 0. The summed E-state index contributed by atoms with van der Waals surface area (Å²) in [6, 6.07) is 23.7. The van der Waals surface area contributed by atoms with Crippen molar-refractivity contribution < 1.29 is 4.92 Å². The fourth-order valence-electron chi connectivity index (χ4n) is 3.72. The van der Waals surface area contributed by atoms with Crippen molar-refractivity contribution in [1.82, 2.24) is 0 Å². The van der Waals surface area contributed by atoms with Gasteiger partial charge in [0.15, 0.2) is 0 Å². The molecule has 4 rings (SSSR count). The molecule has 0 bridgehead atoms. The Morgan fingerprint density at radius 1 is 0.821 bits per heavy atom. The van der Waals surface area contributed by atoms with Gasteiger partial charge in [0.1, 0.15) is 0 Å². The summed E-state index contributed by atoms with van der Waals surface area (Å²) in [5.41, 5.74) is 6.42. The Morgan fingerprint density at radius 2 is 1.61 bits per heavy atom. The standard InChI is InChI=1S/C24H18BrNO2/c1-15-5-3-4-6-20(15)24-16(2)7-8-17-13-18(9-11-21(17)24)22-14-19(25)10-12-23(22)26(27)28/h3-14H,1-2H3. The van der Waals surface area contributed by atoms with Crippen molar-refractivity contribution in [2.45, 2.75) is 13.8 Å². The summed E-state index contributed by atoms with van der Waals surface area (Å²) >= 11 is 3.43. The van der Waals surface area contributed by atoms with Crippen LogP contribution in [0.5, 0.6) is 0 Å². The normalized spacial score (nSPS) is 11.0. The lowest BCUT2D eigenvalue weighted by atomic mass is 9.90. The predicted octanol–water partition coefficient (Wildman–Crippen LogP) is 7.46. The number of rotatable bonds is 3. The van der Waals surface area contributed by atoms with Crippen molar-refractivity contribution in [1.29, 1.82) is 0 Å². The Hall–Kier alpha value is -2.98. The lowest BCUT2D eigenvalue weighted by Gasteiger charge is -2.14. The molecule has 0 unspecified atom stereocenters. The molecule has 0 aliphatic heterocycles. The molecule has 0 heterocycles. The zero-order valence-corrected chi connectivity index (χ0v) is 17.2. The van der Waals surface area contributed by atoms with Crippen LogP contribution in [-0.4, -0.2) is 4.92 Å². The first kappa shape index (κ1) is 18.4. The van der Waals surface area contributed by atoms with Crippen LogP contribution < -0.4 is 0 Å². The molecule has 138 valence electrons. The second-order valence-electron chi connectivity index (χ2n) is 6.93. The smallest absolute Gasteiger partial charge is 0.258 e. The van der Waals surface area contributed by atoms with Crippen LogP contribution in [0.25, 0.3) is 33.0 Å². The third-order valence-corrected chi connectivity index (χ3v) is 5.60. The molecule has 0 saturated carbocycles. The molecule has 0 spiro atoms. The number of hydrogen-bond acceptors (Lipinski definition) is 2. The number of fused-ring (bicyclic) bond motifs is 1. The van der Waals surface area contributed by atoms with E-state index in [9.17, 15) is 10.1 Å². The van der Waals surface area contributed by atoms with E-state index in [0.29, 0.717) is 5.56 Å². The minimum Gasteiger partial charge on any atom is -0.258 e. The summed E-state index contributed by atoms with van der Waals surface area (Å²) in [6.07, 6.45) is 0. The average Bonchev–Trinajstić information content (AvgIpc) is 2.68. The predicted molar refractivity (Wildman–Crippen MR) is 119 cm³/mol. The maximum atomic E-state index is 11.5. The summed E-state index contributed by atoms with van der Waals surface area (Å²) in [4.78, 5) is 11.1. The average molecular weight is 432 g/mol. The van der Waals surface area contributed by atoms with Crippen molar-refractivity contribution in [2.75, 3.05) is 0 Å². The van der Waals surface area contributed by atoms with Gasteiger partial charge in [-0.2, -0.15) is 0 Å². The Labute approximate surface area is 171 Å². The zero-order chi connectivity index (χ0) is 19.8. The van der Waals surface area contributed by atoms with E-state index in [-0.39, 0.29) is 10.6 Å². The molecule has 0 saturated heterocycles. The van der Waals surface area contributed by atoms with Gasteiger partial charge < -0.3 is 0 Å². The summed E-state index contributed by atoms with van der Waals surface area (Å²) in [5, 5.41) is 13.7. The van der Waals surface area contributed by atoms with E-state index in [1.54, 1.807) is 12.1 Å². The number of nitro benzene ring substituents is 1.